The van der Waals surface area contributed by atoms with Gasteiger partial charge in [-0.3, -0.25) is 4.79 Å². The summed E-state index contributed by atoms with van der Waals surface area (Å²) in [6, 6.07) is 16.5. The number of likely N-dealkylation sites (N-methyl/N-ethyl adjacent to an activating group) is 1. The molecular weight excluding hydrogens is 432 g/mol. The molecule has 6 nitrogen and oxygen atoms in total. The first-order chi connectivity index (χ1) is 16.2. The smallest absolute Gasteiger partial charge is 0.261 e. The molecule has 4 rings (SSSR count). The number of hydrogen-bond acceptors (Lipinski definition) is 5. The Kier molecular flexibility index (Phi) is 7.99. The van der Waals surface area contributed by atoms with Crippen LogP contribution < -0.4 is 16.0 Å². The number of H-pyrrole nitrogens is 1. The zero-order valence-electron chi connectivity index (χ0n) is 19.2. The van der Waals surface area contributed by atoms with E-state index in [1.165, 1.54) is 22.3 Å². The van der Waals surface area contributed by atoms with Crippen molar-refractivity contribution in [1.29, 1.82) is 0 Å². The average Bonchev–Trinajstić information content (AvgIpc) is 3.43. The Balaban J connectivity index is 1.48. The summed E-state index contributed by atoms with van der Waals surface area (Å²) in [5.41, 5.74) is 3.40. The van der Waals surface area contributed by atoms with Crippen molar-refractivity contribution in [3.63, 3.8) is 0 Å². The molecule has 2 aromatic heterocycles. The quantitative estimate of drug-likeness (QED) is 0.228. The molecular formula is C26H32N4O2S. The van der Waals surface area contributed by atoms with Gasteiger partial charge in [-0.2, -0.15) is 0 Å². The number of para-hydroxylation sites is 1. The van der Waals surface area contributed by atoms with Gasteiger partial charge in [-0.15, -0.1) is 11.3 Å². The van der Waals surface area contributed by atoms with E-state index in [4.69, 9.17) is 4.74 Å². The summed E-state index contributed by atoms with van der Waals surface area (Å²) in [5.74, 6) is -0.0257. The van der Waals surface area contributed by atoms with Gasteiger partial charge >= 0.3 is 0 Å². The zero-order chi connectivity index (χ0) is 23.0. The summed E-state index contributed by atoms with van der Waals surface area (Å²) in [5, 5.41) is 12.1. The third-order valence-corrected chi connectivity index (χ3v) is 6.84. The van der Waals surface area contributed by atoms with Crippen molar-refractivity contribution >= 4 is 43.9 Å². The van der Waals surface area contributed by atoms with Crippen LogP contribution in [0.4, 0.5) is 5.69 Å². The fourth-order valence-corrected chi connectivity index (χ4v) is 5.01. The Morgan fingerprint density at radius 3 is 2.88 bits per heavy atom. The second kappa shape index (κ2) is 11.3. The summed E-state index contributed by atoms with van der Waals surface area (Å²) >= 11 is 1.53. The van der Waals surface area contributed by atoms with Crippen molar-refractivity contribution in [3.05, 3.63) is 65.2 Å². The lowest BCUT2D eigenvalue weighted by Crippen LogP contribution is -2.37. The molecule has 7 heteroatoms. The molecule has 4 aromatic rings. The van der Waals surface area contributed by atoms with Crippen molar-refractivity contribution < 1.29 is 9.53 Å². The predicted octanol–water partition coefficient (Wildman–Crippen LogP) is 4.78. The van der Waals surface area contributed by atoms with Gasteiger partial charge in [0.1, 0.15) is 0 Å². The van der Waals surface area contributed by atoms with Crippen LogP contribution in [0.25, 0.3) is 21.0 Å². The van der Waals surface area contributed by atoms with Gasteiger partial charge in [-0.1, -0.05) is 24.3 Å². The first kappa shape index (κ1) is 23.3. The highest BCUT2D eigenvalue weighted by molar-refractivity contribution is 7.20. The van der Waals surface area contributed by atoms with Crippen molar-refractivity contribution in [2.75, 3.05) is 38.7 Å². The summed E-state index contributed by atoms with van der Waals surface area (Å²) in [7, 11) is 1.94. The van der Waals surface area contributed by atoms with Gasteiger partial charge in [-0.25, -0.2) is 0 Å². The summed E-state index contributed by atoms with van der Waals surface area (Å²) < 4.78 is 6.70. The summed E-state index contributed by atoms with van der Waals surface area (Å²) in [4.78, 5) is 17.2. The van der Waals surface area contributed by atoms with E-state index in [2.05, 4.69) is 51.3 Å². The van der Waals surface area contributed by atoms with E-state index in [1.54, 1.807) is 0 Å². The second-order valence-electron chi connectivity index (χ2n) is 8.11. The molecule has 0 spiro atoms. The lowest BCUT2D eigenvalue weighted by Gasteiger charge is -2.18. The maximum absolute atomic E-state index is 13.2. The molecule has 174 valence electrons. The standard InChI is InChI=1S/C26H32N4O2S/c1-3-32-13-10-21(14-19-17-29-23-7-5-4-6-22(19)23)30-26(31)25-15-18-8-9-20(16-24(18)33-25)28-12-11-27-2/h4-9,15-17,21,27-29H,3,10-14H2,1-2H3,(H,30,31). The predicted molar refractivity (Wildman–Crippen MR) is 139 cm³/mol. The second-order valence-corrected chi connectivity index (χ2v) is 9.20. The average molecular weight is 465 g/mol. The highest BCUT2D eigenvalue weighted by Gasteiger charge is 2.18. The maximum atomic E-state index is 13.2. The molecule has 0 aliphatic carbocycles. The van der Waals surface area contributed by atoms with E-state index in [9.17, 15) is 4.79 Å². The van der Waals surface area contributed by atoms with Crippen LogP contribution in [0.2, 0.25) is 0 Å². The molecule has 1 atom stereocenters. The lowest BCUT2D eigenvalue weighted by molar-refractivity contribution is 0.0919. The van der Waals surface area contributed by atoms with Gasteiger partial charge in [-0.05, 0) is 62.0 Å². The van der Waals surface area contributed by atoms with E-state index >= 15 is 0 Å². The fraction of sp³-hybridized carbons (Fsp3) is 0.346. The van der Waals surface area contributed by atoms with Gasteiger partial charge in [0.2, 0.25) is 0 Å². The van der Waals surface area contributed by atoms with Crippen molar-refractivity contribution in [2.45, 2.75) is 25.8 Å². The molecule has 33 heavy (non-hydrogen) atoms. The van der Waals surface area contributed by atoms with E-state index in [0.717, 1.165) is 52.1 Å². The van der Waals surface area contributed by atoms with E-state index in [0.29, 0.717) is 13.2 Å². The maximum Gasteiger partial charge on any atom is 0.261 e. The molecule has 1 unspecified atom stereocenters. The Morgan fingerprint density at radius 2 is 2.03 bits per heavy atom. The number of aromatic amines is 1. The van der Waals surface area contributed by atoms with Crippen LogP contribution >= 0.6 is 11.3 Å². The number of anilines is 1. The molecule has 4 N–H and O–H groups in total. The first-order valence-electron chi connectivity index (χ1n) is 11.5. The van der Waals surface area contributed by atoms with Crippen LogP contribution in [-0.4, -0.2) is 50.3 Å². The Labute approximate surface area is 198 Å². The topological polar surface area (TPSA) is 78.2 Å². The van der Waals surface area contributed by atoms with E-state index in [-0.39, 0.29) is 11.9 Å². The number of rotatable bonds is 12. The van der Waals surface area contributed by atoms with Gasteiger partial charge in [0.05, 0.1) is 4.88 Å². The molecule has 0 saturated heterocycles. The highest BCUT2D eigenvalue weighted by Crippen LogP contribution is 2.28. The van der Waals surface area contributed by atoms with Crippen LogP contribution in [0.5, 0.6) is 0 Å². The largest absolute Gasteiger partial charge is 0.384 e. The SMILES string of the molecule is CCOCCC(Cc1c[nH]c2ccccc12)NC(=O)c1cc2ccc(NCCNC)cc2s1. The molecule has 2 heterocycles. The minimum atomic E-state index is -0.0257. The first-order valence-corrected chi connectivity index (χ1v) is 12.3. The summed E-state index contributed by atoms with van der Waals surface area (Å²) in [6.45, 7) is 5.05. The normalized spacial score (nSPS) is 12.3. The van der Waals surface area contributed by atoms with Gasteiger partial charge in [0, 0.05) is 59.8 Å². The minimum absolute atomic E-state index is 0.00719. The molecule has 0 bridgehead atoms. The summed E-state index contributed by atoms with van der Waals surface area (Å²) in [6.07, 6.45) is 3.57. The number of amides is 1. The third-order valence-electron chi connectivity index (χ3n) is 5.74. The van der Waals surface area contributed by atoms with Crippen LogP contribution in [0.1, 0.15) is 28.6 Å². The number of benzene rings is 2. The molecule has 2 aromatic carbocycles. The van der Waals surface area contributed by atoms with Gasteiger partial charge in [0.25, 0.3) is 5.91 Å². The molecule has 1 amide bonds. The number of hydrogen-bond donors (Lipinski definition) is 4. The van der Waals surface area contributed by atoms with Crippen LogP contribution in [-0.2, 0) is 11.2 Å². The third kappa shape index (κ3) is 5.93. The molecule has 0 saturated carbocycles. The number of aromatic nitrogens is 1. The molecule has 0 radical (unpaired) electrons. The Bertz CT molecular complexity index is 1200. The zero-order valence-corrected chi connectivity index (χ0v) is 20.1. The van der Waals surface area contributed by atoms with Crippen molar-refractivity contribution in [2.24, 2.45) is 0 Å². The molecule has 0 aliphatic heterocycles. The molecule has 0 aliphatic rings. The lowest BCUT2D eigenvalue weighted by atomic mass is 10.0. The van der Waals surface area contributed by atoms with Crippen molar-refractivity contribution in [1.82, 2.24) is 15.6 Å². The number of ether oxygens (including phenoxy) is 1. The molecule has 0 fully saturated rings. The van der Waals surface area contributed by atoms with Gasteiger partial charge in [0.15, 0.2) is 0 Å². The van der Waals surface area contributed by atoms with Crippen LogP contribution in [0, 0.1) is 0 Å². The van der Waals surface area contributed by atoms with Gasteiger partial charge < -0.3 is 25.7 Å². The number of nitrogens with one attached hydrogen (secondary N) is 4. The van der Waals surface area contributed by atoms with E-state index < -0.39 is 0 Å². The monoisotopic (exact) mass is 464 g/mol. The van der Waals surface area contributed by atoms with E-state index in [1.807, 2.05) is 38.4 Å². The Morgan fingerprint density at radius 1 is 1.15 bits per heavy atom. The van der Waals surface area contributed by atoms with Crippen molar-refractivity contribution in [3.8, 4) is 0 Å². The van der Waals surface area contributed by atoms with Crippen LogP contribution in [0.3, 0.4) is 0 Å². The Hall–Kier alpha value is -2.87. The highest BCUT2D eigenvalue weighted by atomic mass is 32.1. The fourth-order valence-electron chi connectivity index (χ4n) is 4.00. The number of carbonyl (C=O) groups is 1. The number of thiophene rings is 1. The number of carbonyl (C=O) groups excluding carboxylic acids is 1. The van der Waals surface area contributed by atoms with Crippen LogP contribution in [0.15, 0.2) is 54.7 Å². The number of fused-ring (bicyclic) bond motifs is 2. The minimum Gasteiger partial charge on any atom is -0.384 e.